The zero-order chi connectivity index (χ0) is 23.8. The van der Waals surface area contributed by atoms with Crippen LogP contribution in [0.1, 0.15) is 56.9 Å². The van der Waals surface area contributed by atoms with Gasteiger partial charge in [-0.25, -0.2) is 0 Å². The smallest absolute Gasteiger partial charge is 0.314 e. The van der Waals surface area contributed by atoms with Crippen LogP contribution in [0.5, 0.6) is 5.75 Å². The van der Waals surface area contributed by atoms with Crippen LogP contribution < -0.4 is 4.74 Å². The zero-order valence-electron chi connectivity index (χ0n) is 18.9. The normalized spacial score (nSPS) is 25.0. The molecule has 0 unspecified atom stereocenters. The molecule has 0 aromatic heterocycles. The van der Waals surface area contributed by atoms with E-state index in [-0.39, 0.29) is 47.8 Å². The summed E-state index contributed by atoms with van der Waals surface area (Å²) in [7, 11) is 0. The molecule has 2 aliphatic carbocycles. The maximum atomic E-state index is 12.5. The largest absolute Gasteiger partial charge is 0.481 e. The summed E-state index contributed by atoms with van der Waals surface area (Å²) in [6.45, 7) is 3.80. The van der Waals surface area contributed by atoms with Crippen LogP contribution in [-0.4, -0.2) is 35.4 Å². The van der Waals surface area contributed by atoms with Crippen molar-refractivity contribution in [2.45, 2.75) is 57.8 Å². The van der Waals surface area contributed by atoms with Gasteiger partial charge in [0.1, 0.15) is 5.75 Å². The predicted molar refractivity (Wildman–Crippen MR) is 120 cm³/mol. The second-order valence-corrected chi connectivity index (χ2v) is 9.15. The van der Waals surface area contributed by atoms with E-state index in [0.717, 1.165) is 18.4 Å². The topological polar surface area (TPSA) is 107 Å². The number of carbonyl (C=O) groups is 4. The Labute approximate surface area is 194 Å². The molecule has 3 rings (SSSR count). The minimum Gasteiger partial charge on any atom is -0.481 e. The molecule has 178 valence electrons. The number of aliphatic carboxylic acids is 1. The van der Waals surface area contributed by atoms with Crippen molar-refractivity contribution in [3.63, 3.8) is 0 Å². The van der Waals surface area contributed by atoms with Crippen LogP contribution in [0.25, 0.3) is 0 Å². The third-order valence-electron chi connectivity index (χ3n) is 6.80. The van der Waals surface area contributed by atoms with Crippen molar-refractivity contribution in [1.82, 2.24) is 0 Å². The van der Waals surface area contributed by atoms with Crippen LogP contribution >= 0.6 is 0 Å². The van der Waals surface area contributed by atoms with Gasteiger partial charge in [0.05, 0.1) is 24.4 Å². The van der Waals surface area contributed by atoms with Crippen molar-refractivity contribution in [3.8, 4) is 5.75 Å². The zero-order valence-corrected chi connectivity index (χ0v) is 18.9. The predicted octanol–water partition coefficient (Wildman–Crippen LogP) is 4.13. The van der Waals surface area contributed by atoms with E-state index in [1.807, 2.05) is 0 Å². The van der Waals surface area contributed by atoms with E-state index in [2.05, 4.69) is 6.58 Å². The monoisotopic (exact) mass is 456 g/mol. The average Bonchev–Trinajstić information content (AvgIpc) is 2.84. The van der Waals surface area contributed by atoms with Crippen molar-refractivity contribution < 1.29 is 33.8 Å². The number of ether oxygens (including phenoxy) is 2. The summed E-state index contributed by atoms with van der Waals surface area (Å²) in [4.78, 5) is 47.4. The average molecular weight is 457 g/mol. The van der Waals surface area contributed by atoms with Gasteiger partial charge in [-0.3, -0.25) is 19.2 Å². The van der Waals surface area contributed by atoms with Crippen molar-refractivity contribution in [2.75, 3.05) is 6.61 Å². The quantitative estimate of drug-likeness (QED) is 0.338. The van der Waals surface area contributed by atoms with Crippen LogP contribution in [0.2, 0.25) is 0 Å². The molecule has 0 aliphatic heterocycles. The molecule has 0 amide bonds. The molecular weight excluding hydrogens is 424 g/mol. The molecule has 2 aliphatic rings. The first kappa shape index (κ1) is 24.7. The maximum Gasteiger partial charge on any atom is 0.314 e. The summed E-state index contributed by atoms with van der Waals surface area (Å²) in [5, 5.41) is 9.07. The molecule has 0 spiro atoms. The Hall–Kier alpha value is -2.96. The SMILES string of the molecule is C=CC(=O)Cc1ccc(OC(=O)C2CCC(C(=O)OCC3CCC(C(=O)O)CC3)CC2)cc1. The number of ketones is 1. The van der Waals surface area contributed by atoms with Crippen LogP contribution in [0, 0.1) is 23.7 Å². The lowest BCUT2D eigenvalue weighted by molar-refractivity contribution is -0.154. The van der Waals surface area contributed by atoms with Gasteiger partial charge < -0.3 is 14.6 Å². The van der Waals surface area contributed by atoms with Crippen LogP contribution in [0.4, 0.5) is 0 Å². The number of benzene rings is 1. The van der Waals surface area contributed by atoms with Gasteiger partial charge in [-0.1, -0.05) is 18.7 Å². The Bertz CT molecular complexity index is 857. The Kier molecular flexibility index (Phi) is 8.80. The Balaban J connectivity index is 1.37. The first-order chi connectivity index (χ1) is 15.9. The van der Waals surface area contributed by atoms with Crippen molar-refractivity contribution >= 4 is 23.7 Å². The highest BCUT2D eigenvalue weighted by Crippen LogP contribution is 2.32. The molecule has 33 heavy (non-hydrogen) atoms. The number of esters is 2. The Morgan fingerprint density at radius 1 is 0.848 bits per heavy atom. The standard InChI is InChI=1S/C26H32O7/c1-2-22(27)15-17-5-13-23(14-6-17)33-26(31)21-11-9-20(10-12-21)25(30)32-16-18-3-7-19(8-4-18)24(28)29/h2,5-6,13-14,18-21H,1,3-4,7-12,15-16H2,(H,28,29). The molecule has 0 saturated heterocycles. The maximum absolute atomic E-state index is 12.5. The first-order valence-corrected chi connectivity index (χ1v) is 11.7. The van der Waals surface area contributed by atoms with Gasteiger partial charge in [0.15, 0.2) is 5.78 Å². The number of allylic oxidation sites excluding steroid dienone is 1. The molecule has 0 radical (unpaired) electrons. The minimum atomic E-state index is -0.738. The number of carboxylic acids is 1. The summed E-state index contributed by atoms with van der Waals surface area (Å²) >= 11 is 0. The third-order valence-corrected chi connectivity index (χ3v) is 6.80. The number of rotatable bonds is 9. The van der Waals surface area contributed by atoms with E-state index in [9.17, 15) is 19.2 Å². The second kappa shape index (κ2) is 11.8. The summed E-state index contributed by atoms with van der Waals surface area (Å²) in [5.41, 5.74) is 0.827. The van der Waals surface area contributed by atoms with E-state index in [4.69, 9.17) is 14.6 Å². The van der Waals surface area contributed by atoms with E-state index in [0.29, 0.717) is 50.9 Å². The van der Waals surface area contributed by atoms with Gasteiger partial charge >= 0.3 is 17.9 Å². The fourth-order valence-corrected chi connectivity index (χ4v) is 4.61. The first-order valence-electron chi connectivity index (χ1n) is 11.7. The lowest BCUT2D eigenvalue weighted by Crippen LogP contribution is -2.30. The van der Waals surface area contributed by atoms with E-state index >= 15 is 0 Å². The van der Waals surface area contributed by atoms with E-state index in [1.54, 1.807) is 24.3 Å². The summed E-state index contributed by atoms with van der Waals surface area (Å²) in [5.74, 6) is -1.37. The number of hydrogen-bond donors (Lipinski definition) is 1. The van der Waals surface area contributed by atoms with Gasteiger partial charge in [0.2, 0.25) is 0 Å². The fourth-order valence-electron chi connectivity index (χ4n) is 4.61. The number of carboxylic acid groups (broad SMARTS) is 1. The molecule has 0 bridgehead atoms. The molecule has 2 fully saturated rings. The van der Waals surface area contributed by atoms with Crippen molar-refractivity contribution in [1.29, 1.82) is 0 Å². The minimum absolute atomic E-state index is 0.0689. The second-order valence-electron chi connectivity index (χ2n) is 9.15. The fraction of sp³-hybridized carbons (Fsp3) is 0.538. The Morgan fingerprint density at radius 2 is 1.39 bits per heavy atom. The van der Waals surface area contributed by atoms with E-state index < -0.39 is 5.97 Å². The molecule has 1 aromatic carbocycles. The molecule has 7 heteroatoms. The molecular formula is C26H32O7. The molecule has 2 saturated carbocycles. The molecule has 1 aromatic rings. The summed E-state index contributed by atoms with van der Waals surface area (Å²) in [6.07, 6.45) is 6.71. The van der Waals surface area contributed by atoms with Gasteiger partial charge in [-0.05, 0) is 81.1 Å². The molecule has 0 atom stereocenters. The summed E-state index contributed by atoms with van der Waals surface area (Å²) < 4.78 is 11.0. The number of carbonyl (C=O) groups excluding carboxylic acids is 3. The van der Waals surface area contributed by atoms with Crippen LogP contribution in [0.15, 0.2) is 36.9 Å². The third kappa shape index (κ3) is 7.27. The summed E-state index contributed by atoms with van der Waals surface area (Å²) in [6, 6.07) is 6.86. The molecule has 0 heterocycles. The molecule has 1 N–H and O–H groups in total. The van der Waals surface area contributed by atoms with Crippen molar-refractivity contribution in [3.05, 3.63) is 42.5 Å². The van der Waals surface area contributed by atoms with Gasteiger partial charge in [-0.15, -0.1) is 0 Å². The molecule has 7 nitrogen and oxygen atoms in total. The highest BCUT2D eigenvalue weighted by Gasteiger charge is 2.33. The number of hydrogen-bond acceptors (Lipinski definition) is 6. The highest BCUT2D eigenvalue weighted by atomic mass is 16.5. The van der Waals surface area contributed by atoms with E-state index in [1.165, 1.54) is 6.08 Å². The highest BCUT2D eigenvalue weighted by molar-refractivity contribution is 5.90. The van der Waals surface area contributed by atoms with Crippen LogP contribution in [0.3, 0.4) is 0 Å². The van der Waals surface area contributed by atoms with Gasteiger partial charge in [0.25, 0.3) is 0 Å². The lowest BCUT2D eigenvalue weighted by Gasteiger charge is -2.28. The van der Waals surface area contributed by atoms with Crippen molar-refractivity contribution in [2.24, 2.45) is 23.7 Å². The van der Waals surface area contributed by atoms with Gasteiger partial charge in [0, 0.05) is 6.42 Å². The van der Waals surface area contributed by atoms with Crippen LogP contribution in [-0.2, 0) is 30.3 Å². The van der Waals surface area contributed by atoms with Gasteiger partial charge in [-0.2, -0.15) is 0 Å². The lowest BCUT2D eigenvalue weighted by atomic mass is 9.81. The Morgan fingerprint density at radius 3 is 1.94 bits per heavy atom.